The molecule has 3 aromatic carbocycles. The number of likely N-dealkylation sites (N-methyl/N-ethyl adjacent to an activating group) is 1. The average molecular weight is 1150 g/mol. The van der Waals surface area contributed by atoms with Gasteiger partial charge in [-0.25, -0.2) is 18.7 Å². The van der Waals surface area contributed by atoms with E-state index in [2.05, 4.69) is 37.5 Å². The van der Waals surface area contributed by atoms with E-state index in [1.54, 1.807) is 49.6 Å². The number of phenols is 1. The number of rotatable bonds is 24. The molecule has 24 heteroatoms. The molecule has 5 amide bonds. The average Bonchev–Trinajstić information content (AvgIpc) is 4.08. The Hall–Kier alpha value is -6.89. The highest BCUT2D eigenvalue weighted by Gasteiger charge is 2.45. The Labute approximate surface area is 472 Å². The molecule has 0 aliphatic carbocycles. The third-order valence-corrected chi connectivity index (χ3v) is 15.1. The van der Waals surface area contributed by atoms with Gasteiger partial charge in [-0.15, -0.1) is 11.3 Å². The van der Waals surface area contributed by atoms with Crippen molar-refractivity contribution in [1.82, 2.24) is 40.3 Å². The van der Waals surface area contributed by atoms with Crippen LogP contribution in [0.4, 0.5) is 20.5 Å². The van der Waals surface area contributed by atoms with Crippen molar-refractivity contribution >= 4 is 75.1 Å². The van der Waals surface area contributed by atoms with Gasteiger partial charge in [0.2, 0.25) is 35.5 Å². The molecule has 20 nitrogen and oxygen atoms in total. The maximum Gasteiger partial charge on any atom is 0.246 e. The molecule has 4 atom stereocenters. The number of aromatic nitrogens is 3. The SMILES string of the molecule is C=CC(=O)N1CCN(c2nc(NCCC(=O)N(C)CCOCCOCCOCC(=O)N[C@H](C(=O)N3CC(O)CC3C(=O)N[C@@H](C)c3ccc(-c4scnc4C)cc3)C(C)(C)C)nc3c(F)c(-c4c(O)cccc4F)c(Cl)cc23)CC1. The number of aliphatic hydroxyl groups is 1. The topological polar surface area (TPSA) is 241 Å². The number of aliphatic hydroxyl groups excluding tert-OH is 1. The predicted molar refractivity (Wildman–Crippen MR) is 300 cm³/mol. The molecule has 2 unspecified atom stereocenters. The molecule has 2 aliphatic heterocycles. The molecular formula is C56H69ClF2N10O10S. The molecule has 80 heavy (non-hydrogen) atoms. The first kappa shape index (κ1) is 60.7. The number of carbonyl (C=O) groups excluding carboxylic acids is 5. The highest BCUT2D eigenvalue weighted by molar-refractivity contribution is 7.13. The van der Waals surface area contributed by atoms with Gasteiger partial charge in [-0.2, -0.15) is 4.98 Å². The van der Waals surface area contributed by atoms with Crippen LogP contribution in [0, 0.1) is 24.0 Å². The van der Waals surface area contributed by atoms with E-state index in [1.165, 1.54) is 34.1 Å². The van der Waals surface area contributed by atoms with Gasteiger partial charge in [0.25, 0.3) is 0 Å². The highest BCUT2D eigenvalue weighted by Crippen LogP contribution is 2.43. The minimum absolute atomic E-state index is 0.00862. The number of nitrogens with one attached hydrogen (secondary N) is 3. The number of hydrogen-bond donors (Lipinski definition) is 5. The lowest BCUT2D eigenvalue weighted by Gasteiger charge is -2.35. The fourth-order valence-electron chi connectivity index (χ4n) is 9.38. The molecule has 4 heterocycles. The second-order valence-electron chi connectivity index (χ2n) is 20.6. The maximum absolute atomic E-state index is 16.5. The van der Waals surface area contributed by atoms with Crippen molar-refractivity contribution in [1.29, 1.82) is 0 Å². The summed E-state index contributed by atoms with van der Waals surface area (Å²) in [6.45, 7) is 14.9. The van der Waals surface area contributed by atoms with Crippen LogP contribution >= 0.6 is 22.9 Å². The van der Waals surface area contributed by atoms with Crippen LogP contribution in [0.3, 0.4) is 0 Å². The van der Waals surface area contributed by atoms with Gasteiger partial charge in [-0.3, -0.25) is 24.0 Å². The second-order valence-corrected chi connectivity index (χ2v) is 21.9. The quantitative estimate of drug-likeness (QED) is 0.0358. The zero-order valence-corrected chi connectivity index (χ0v) is 47.3. The van der Waals surface area contributed by atoms with E-state index in [0.717, 1.165) is 27.8 Å². The van der Waals surface area contributed by atoms with Gasteiger partial charge in [0.1, 0.15) is 41.6 Å². The Balaban J connectivity index is 0.812. The van der Waals surface area contributed by atoms with Crippen LogP contribution in [0.5, 0.6) is 5.75 Å². The lowest BCUT2D eigenvalue weighted by Crippen LogP contribution is -2.58. The molecular weight excluding hydrogens is 1080 g/mol. The summed E-state index contributed by atoms with van der Waals surface area (Å²) in [5, 5.41) is 30.0. The van der Waals surface area contributed by atoms with Crippen molar-refractivity contribution in [3.05, 3.63) is 94.6 Å². The molecule has 430 valence electrons. The molecule has 5 aromatic rings. The smallest absolute Gasteiger partial charge is 0.246 e. The number of thiazole rings is 1. The van der Waals surface area contributed by atoms with E-state index in [-0.39, 0.29) is 117 Å². The molecule has 0 spiro atoms. The Bertz CT molecular complexity index is 3010. The molecule has 2 aliphatic rings. The number of piperazine rings is 1. The van der Waals surface area contributed by atoms with Gasteiger partial charge in [0, 0.05) is 76.7 Å². The lowest BCUT2D eigenvalue weighted by molar-refractivity contribution is -0.144. The predicted octanol–water partition coefficient (Wildman–Crippen LogP) is 5.88. The van der Waals surface area contributed by atoms with Crippen molar-refractivity contribution in [2.24, 2.45) is 5.41 Å². The van der Waals surface area contributed by atoms with Crippen LogP contribution in [0.25, 0.3) is 32.5 Å². The number of amides is 5. The Morgan fingerprint density at radius 2 is 1.65 bits per heavy atom. The number of β-amino-alcohol motifs (C(OH)–C–C–N with tert-alkyl or cyclic N) is 1. The van der Waals surface area contributed by atoms with Crippen LogP contribution in [0.1, 0.15) is 57.8 Å². The summed E-state index contributed by atoms with van der Waals surface area (Å²) in [7, 11) is 1.62. The highest BCUT2D eigenvalue weighted by atomic mass is 35.5. The van der Waals surface area contributed by atoms with E-state index in [1.807, 2.05) is 43.0 Å². The summed E-state index contributed by atoms with van der Waals surface area (Å²) in [4.78, 5) is 87.0. The normalized spacial score (nSPS) is 16.4. The van der Waals surface area contributed by atoms with Gasteiger partial charge in [0.05, 0.1) is 71.8 Å². The van der Waals surface area contributed by atoms with E-state index in [9.17, 15) is 34.2 Å². The fourth-order valence-corrected chi connectivity index (χ4v) is 10.5. The van der Waals surface area contributed by atoms with Gasteiger partial charge in [-0.1, -0.05) is 69.3 Å². The monoisotopic (exact) mass is 1150 g/mol. The Kier molecular flexibility index (Phi) is 20.9. The van der Waals surface area contributed by atoms with Crippen molar-refractivity contribution in [3.8, 4) is 27.3 Å². The number of fused-ring (bicyclic) bond motifs is 1. The number of phenolic OH excluding ortho intramolecular Hbond substituents is 1. The standard InChI is InChI=1S/C56H69ClF2N10O10S/c1-8-44(73)67-18-20-68(21-19-67)52-38-29-39(57)46(47-40(58)10-9-11-42(47)71)48(59)49(38)64-55(65-52)60-17-16-45(74)66(7)22-23-77-24-25-78-26-27-79-31-43(72)63-51(56(4,5)6)54(76)69-30-37(70)28-41(69)53(75)62-33(2)35-12-14-36(15-13-35)50-34(3)61-32-80-50/h8-15,29,32-33,37,41,51,70-71H,1,16-28,30-31H2,2-7H3,(H,62,75)(H,63,72)(H,60,64,65)/t33-,37?,41?,51+/m0/s1. The first-order valence-electron chi connectivity index (χ1n) is 26.3. The first-order valence-corrected chi connectivity index (χ1v) is 27.6. The number of carbonyl (C=O) groups is 5. The van der Waals surface area contributed by atoms with Crippen molar-refractivity contribution in [3.63, 3.8) is 0 Å². The molecule has 0 radical (unpaired) electrons. The van der Waals surface area contributed by atoms with E-state index in [0.29, 0.717) is 32.0 Å². The molecule has 2 aromatic heterocycles. The van der Waals surface area contributed by atoms with E-state index < -0.39 is 64.3 Å². The summed E-state index contributed by atoms with van der Waals surface area (Å²) in [6.07, 6.45) is 0.379. The Morgan fingerprint density at radius 1 is 0.963 bits per heavy atom. The van der Waals surface area contributed by atoms with Crippen molar-refractivity contribution < 1.29 is 57.2 Å². The van der Waals surface area contributed by atoms with Crippen LogP contribution in [-0.4, -0.2) is 180 Å². The second kappa shape index (κ2) is 27.5. The van der Waals surface area contributed by atoms with Gasteiger partial charge in [0.15, 0.2) is 5.82 Å². The number of halogens is 3. The van der Waals surface area contributed by atoms with Crippen LogP contribution in [0.2, 0.25) is 5.02 Å². The molecule has 0 saturated carbocycles. The lowest BCUT2D eigenvalue weighted by atomic mass is 9.85. The van der Waals surface area contributed by atoms with Gasteiger partial charge >= 0.3 is 0 Å². The summed E-state index contributed by atoms with van der Waals surface area (Å²) in [5.74, 6) is -3.98. The molecule has 2 saturated heterocycles. The first-order chi connectivity index (χ1) is 38.2. The summed E-state index contributed by atoms with van der Waals surface area (Å²) in [5.41, 5.74) is 2.89. The maximum atomic E-state index is 16.5. The third kappa shape index (κ3) is 15.1. The minimum Gasteiger partial charge on any atom is -0.507 e. The number of aryl methyl sites for hydroxylation is 1. The Morgan fingerprint density at radius 3 is 2.30 bits per heavy atom. The van der Waals surface area contributed by atoms with E-state index in [4.69, 9.17) is 25.8 Å². The zero-order valence-electron chi connectivity index (χ0n) is 45.7. The van der Waals surface area contributed by atoms with Gasteiger partial charge in [-0.05, 0) is 54.7 Å². The van der Waals surface area contributed by atoms with Crippen LogP contribution in [-0.2, 0) is 38.2 Å². The fraction of sp³-hybridized carbons (Fsp3) is 0.464. The molecule has 7 rings (SSSR count). The number of nitrogens with zero attached hydrogens (tertiary/aromatic N) is 7. The van der Waals surface area contributed by atoms with Crippen molar-refractivity contribution in [2.75, 3.05) is 103 Å². The number of anilines is 2. The largest absolute Gasteiger partial charge is 0.507 e. The minimum atomic E-state index is -1.02. The molecule has 2 fully saturated rings. The third-order valence-electron chi connectivity index (χ3n) is 13.8. The number of hydrogen-bond acceptors (Lipinski definition) is 16. The molecule has 5 N–H and O–H groups in total. The summed E-state index contributed by atoms with van der Waals surface area (Å²) < 4.78 is 48.3. The summed E-state index contributed by atoms with van der Waals surface area (Å²) >= 11 is 8.13. The van der Waals surface area contributed by atoms with Crippen LogP contribution in [0.15, 0.2) is 66.7 Å². The van der Waals surface area contributed by atoms with E-state index >= 15 is 8.78 Å². The number of aromatic hydroxyl groups is 1. The molecule has 0 bridgehead atoms. The zero-order chi connectivity index (χ0) is 57.8. The number of benzene rings is 3. The van der Waals surface area contributed by atoms with Crippen molar-refractivity contribution in [2.45, 2.75) is 71.7 Å². The van der Waals surface area contributed by atoms with Crippen LogP contribution < -0.4 is 20.9 Å². The van der Waals surface area contributed by atoms with Gasteiger partial charge < -0.3 is 60.0 Å². The number of ether oxygens (including phenoxy) is 3. The number of likely N-dealkylation sites (tertiary alicyclic amines) is 1. The summed E-state index contributed by atoms with van der Waals surface area (Å²) in [6, 6.07) is 10.5.